The Bertz CT molecular complexity index is 439. The van der Waals surface area contributed by atoms with Crippen molar-refractivity contribution in [3.05, 3.63) is 35.4 Å². The molecule has 0 nitrogen and oxygen atoms in total. The van der Waals surface area contributed by atoms with E-state index in [1.54, 1.807) is 0 Å². The fraction of sp³-hybridized carbons (Fsp3) is 0.684. The Balaban J connectivity index is 1.58. The molecule has 4 atom stereocenters. The molecule has 0 radical (unpaired) electrons. The minimum atomic E-state index is 0.673. The van der Waals surface area contributed by atoms with E-state index in [2.05, 4.69) is 47.1 Å². The van der Waals surface area contributed by atoms with Crippen LogP contribution in [0.25, 0.3) is 0 Å². The first-order chi connectivity index (χ1) is 9.72. The molecule has 2 fully saturated rings. The van der Waals surface area contributed by atoms with Crippen molar-refractivity contribution in [3.8, 4) is 0 Å². The van der Waals surface area contributed by atoms with Gasteiger partial charge >= 0.3 is 0 Å². The molecule has 0 amide bonds. The lowest BCUT2D eigenvalue weighted by molar-refractivity contribution is 0.129. The first-order valence-corrected chi connectivity index (χ1v) is 9.33. The van der Waals surface area contributed by atoms with Crippen LogP contribution in [-0.2, 0) is 6.42 Å². The Kier molecular flexibility index (Phi) is 4.86. The van der Waals surface area contributed by atoms with Gasteiger partial charge in [-0.15, -0.1) is 0 Å². The van der Waals surface area contributed by atoms with E-state index in [0.717, 1.165) is 17.8 Å². The Morgan fingerprint density at radius 3 is 2.70 bits per heavy atom. The lowest BCUT2D eigenvalue weighted by atomic mass is 9.66. The van der Waals surface area contributed by atoms with Crippen molar-refractivity contribution in [2.24, 2.45) is 17.8 Å². The van der Waals surface area contributed by atoms with E-state index in [4.69, 9.17) is 0 Å². The summed E-state index contributed by atoms with van der Waals surface area (Å²) in [7, 11) is 0. The molecule has 2 aliphatic rings. The minimum Gasteiger partial charge on any atom is -0.0884 e. The van der Waals surface area contributed by atoms with Crippen LogP contribution < -0.4 is 0 Å². The van der Waals surface area contributed by atoms with Crippen LogP contribution in [0.15, 0.2) is 24.3 Å². The van der Waals surface area contributed by atoms with Crippen molar-refractivity contribution in [2.75, 3.05) is 0 Å². The molecule has 1 aromatic rings. The molecule has 0 heterocycles. The van der Waals surface area contributed by atoms with Crippen LogP contribution in [0.3, 0.4) is 0 Å². The second-order valence-corrected chi connectivity index (χ2v) is 8.26. The summed E-state index contributed by atoms with van der Waals surface area (Å²) in [5.41, 5.74) is 2.89. The second kappa shape index (κ2) is 6.64. The van der Waals surface area contributed by atoms with E-state index < -0.39 is 0 Å². The Morgan fingerprint density at radius 2 is 1.90 bits per heavy atom. The van der Waals surface area contributed by atoms with Gasteiger partial charge in [0.1, 0.15) is 0 Å². The normalized spacial score (nSPS) is 31.6. The largest absolute Gasteiger partial charge is 0.0884 e. The van der Waals surface area contributed by atoms with Gasteiger partial charge in [-0.05, 0) is 55.9 Å². The molecule has 0 bridgehead atoms. The van der Waals surface area contributed by atoms with Gasteiger partial charge in [0.2, 0.25) is 0 Å². The molecule has 0 spiro atoms. The third-order valence-corrected chi connectivity index (χ3v) is 6.68. The molecular formula is C19H27Br. The van der Waals surface area contributed by atoms with Gasteiger partial charge in [0.05, 0.1) is 0 Å². The molecular weight excluding hydrogens is 308 g/mol. The summed E-state index contributed by atoms with van der Waals surface area (Å²) in [5.74, 6) is 3.01. The van der Waals surface area contributed by atoms with Crippen LogP contribution >= 0.6 is 15.9 Å². The number of fused-ring (bicyclic) bond motifs is 1. The third-order valence-electron chi connectivity index (χ3n) is 5.60. The van der Waals surface area contributed by atoms with Crippen LogP contribution in [0.5, 0.6) is 0 Å². The number of benzene rings is 1. The van der Waals surface area contributed by atoms with Crippen LogP contribution in [0.1, 0.15) is 56.1 Å². The number of halogens is 1. The average molecular weight is 335 g/mol. The maximum atomic E-state index is 4.02. The monoisotopic (exact) mass is 334 g/mol. The van der Waals surface area contributed by atoms with E-state index in [0.29, 0.717) is 4.83 Å². The van der Waals surface area contributed by atoms with Crippen molar-refractivity contribution >= 4 is 15.9 Å². The maximum Gasteiger partial charge on any atom is 0.0214 e. The lowest BCUT2D eigenvalue weighted by Gasteiger charge is -2.41. The van der Waals surface area contributed by atoms with Crippen molar-refractivity contribution in [2.45, 2.75) is 63.1 Å². The molecule has 20 heavy (non-hydrogen) atoms. The van der Waals surface area contributed by atoms with E-state index >= 15 is 0 Å². The molecule has 2 aliphatic carbocycles. The Hall–Kier alpha value is -0.300. The molecule has 0 aliphatic heterocycles. The van der Waals surface area contributed by atoms with Gasteiger partial charge in [0.15, 0.2) is 0 Å². The number of aryl methyl sites for hydroxylation is 1. The smallest absolute Gasteiger partial charge is 0.0214 e. The third kappa shape index (κ3) is 3.47. The quantitative estimate of drug-likeness (QED) is 0.603. The predicted octanol–water partition coefficient (Wildman–Crippen LogP) is 5.91. The topological polar surface area (TPSA) is 0 Å². The molecule has 1 aromatic carbocycles. The molecule has 1 heteroatoms. The number of alkyl halides is 1. The van der Waals surface area contributed by atoms with E-state index in [1.165, 1.54) is 62.5 Å². The average Bonchev–Trinajstić information content (AvgIpc) is 2.47. The van der Waals surface area contributed by atoms with Gasteiger partial charge in [0.25, 0.3) is 0 Å². The number of hydrogen-bond donors (Lipinski definition) is 0. The van der Waals surface area contributed by atoms with Gasteiger partial charge in [-0.25, -0.2) is 0 Å². The summed E-state index contributed by atoms with van der Waals surface area (Å²) >= 11 is 4.02. The van der Waals surface area contributed by atoms with Crippen LogP contribution in [0.2, 0.25) is 0 Å². The predicted molar refractivity (Wildman–Crippen MR) is 90.4 cm³/mol. The van der Waals surface area contributed by atoms with Crippen molar-refractivity contribution in [1.29, 1.82) is 0 Å². The van der Waals surface area contributed by atoms with Gasteiger partial charge < -0.3 is 0 Å². The Labute approximate surface area is 132 Å². The van der Waals surface area contributed by atoms with Gasteiger partial charge in [-0.3, -0.25) is 0 Å². The second-order valence-electron chi connectivity index (χ2n) is 7.09. The zero-order chi connectivity index (χ0) is 13.9. The molecule has 0 saturated heterocycles. The molecule has 4 unspecified atom stereocenters. The molecule has 3 rings (SSSR count). The summed E-state index contributed by atoms with van der Waals surface area (Å²) in [6.45, 7) is 2.19. The summed E-state index contributed by atoms with van der Waals surface area (Å²) in [6, 6.07) is 9.02. The van der Waals surface area contributed by atoms with Crippen molar-refractivity contribution < 1.29 is 0 Å². The number of hydrogen-bond acceptors (Lipinski definition) is 0. The van der Waals surface area contributed by atoms with Crippen molar-refractivity contribution in [3.63, 3.8) is 0 Å². The SMILES string of the molecule is Cc1cccc(CC(Br)C2CCC3CCCCC3C2)c1. The lowest BCUT2D eigenvalue weighted by Crippen LogP contribution is -2.32. The van der Waals surface area contributed by atoms with Crippen molar-refractivity contribution in [1.82, 2.24) is 0 Å². The minimum absolute atomic E-state index is 0.673. The Morgan fingerprint density at radius 1 is 1.10 bits per heavy atom. The molecule has 0 N–H and O–H groups in total. The van der Waals surface area contributed by atoms with Crippen LogP contribution in [0.4, 0.5) is 0 Å². The van der Waals surface area contributed by atoms with E-state index in [1.807, 2.05) is 0 Å². The molecule has 2 saturated carbocycles. The van der Waals surface area contributed by atoms with Gasteiger partial charge in [-0.2, -0.15) is 0 Å². The van der Waals surface area contributed by atoms with Crippen LogP contribution in [-0.4, -0.2) is 4.83 Å². The zero-order valence-corrected chi connectivity index (χ0v) is 14.2. The molecule has 0 aromatic heterocycles. The van der Waals surface area contributed by atoms with Crippen LogP contribution in [0, 0.1) is 24.7 Å². The highest BCUT2D eigenvalue weighted by Crippen LogP contribution is 2.45. The summed E-state index contributed by atoms with van der Waals surface area (Å²) in [4.78, 5) is 0.673. The molecule has 110 valence electrons. The number of rotatable bonds is 3. The first-order valence-electron chi connectivity index (χ1n) is 8.42. The van der Waals surface area contributed by atoms with E-state index in [9.17, 15) is 0 Å². The fourth-order valence-corrected chi connectivity index (χ4v) is 5.32. The highest BCUT2D eigenvalue weighted by Gasteiger charge is 2.34. The highest BCUT2D eigenvalue weighted by molar-refractivity contribution is 9.09. The standard InChI is InChI=1S/C19H27Br/c1-14-5-4-6-15(11-14)12-19(20)18-10-9-16-7-2-3-8-17(16)13-18/h4-6,11,16-19H,2-3,7-10,12-13H2,1H3. The first kappa shape index (κ1) is 14.6. The van der Waals surface area contributed by atoms with Gasteiger partial charge in [0, 0.05) is 4.83 Å². The van der Waals surface area contributed by atoms with Gasteiger partial charge in [-0.1, -0.05) is 71.4 Å². The zero-order valence-electron chi connectivity index (χ0n) is 12.7. The fourth-order valence-electron chi connectivity index (χ4n) is 4.47. The maximum absolute atomic E-state index is 4.02. The summed E-state index contributed by atoms with van der Waals surface area (Å²) < 4.78 is 0. The highest BCUT2D eigenvalue weighted by atomic mass is 79.9. The summed E-state index contributed by atoms with van der Waals surface area (Å²) in [6.07, 6.45) is 11.6. The van der Waals surface area contributed by atoms with E-state index in [-0.39, 0.29) is 0 Å². The summed E-state index contributed by atoms with van der Waals surface area (Å²) in [5, 5.41) is 0.